The number of nitrogens with one attached hydrogen (secondary N) is 2. The zero-order valence-electron chi connectivity index (χ0n) is 16.5. The van der Waals surface area contributed by atoms with Crippen LogP contribution in [0.2, 0.25) is 5.02 Å². The molecule has 28 heavy (non-hydrogen) atoms. The van der Waals surface area contributed by atoms with Gasteiger partial charge in [0.25, 0.3) is 0 Å². The van der Waals surface area contributed by atoms with Gasteiger partial charge in [0, 0.05) is 29.8 Å². The summed E-state index contributed by atoms with van der Waals surface area (Å²) >= 11 is 6.33. The van der Waals surface area contributed by atoms with E-state index in [1.165, 1.54) is 0 Å². The Morgan fingerprint density at radius 2 is 2.14 bits per heavy atom. The van der Waals surface area contributed by atoms with Gasteiger partial charge in [0.05, 0.1) is 17.9 Å². The molecular formula is C19H24ClN7O. The second kappa shape index (κ2) is 7.09. The molecule has 3 aromatic heterocycles. The average molecular weight is 402 g/mol. The first-order valence-electron chi connectivity index (χ1n) is 9.36. The molecule has 4 heterocycles. The second-order valence-corrected chi connectivity index (χ2v) is 8.54. The summed E-state index contributed by atoms with van der Waals surface area (Å²) in [6.45, 7) is 9.14. The lowest BCUT2D eigenvalue weighted by atomic mass is 9.92. The van der Waals surface area contributed by atoms with Gasteiger partial charge in [0.2, 0.25) is 5.95 Å². The third-order valence-corrected chi connectivity index (χ3v) is 5.12. The molecule has 0 spiro atoms. The van der Waals surface area contributed by atoms with Crippen LogP contribution in [-0.4, -0.2) is 31.9 Å². The van der Waals surface area contributed by atoms with Crippen molar-refractivity contribution in [3.05, 3.63) is 40.5 Å². The SMILES string of the molecule is Cc1cc(C2CCCN2c2ncc(Cl)c(Nc3cc(C(C)(C)C)[nH]n3)n2)on1. The van der Waals surface area contributed by atoms with E-state index in [-0.39, 0.29) is 11.5 Å². The summed E-state index contributed by atoms with van der Waals surface area (Å²) in [5.74, 6) is 2.64. The van der Waals surface area contributed by atoms with Crippen LogP contribution < -0.4 is 10.2 Å². The molecule has 1 saturated heterocycles. The van der Waals surface area contributed by atoms with E-state index >= 15 is 0 Å². The lowest BCUT2D eigenvalue weighted by molar-refractivity contribution is 0.357. The van der Waals surface area contributed by atoms with Crippen molar-refractivity contribution < 1.29 is 4.52 Å². The highest BCUT2D eigenvalue weighted by molar-refractivity contribution is 6.32. The van der Waals surface area contributed by atoms with Crippen molar-refractivity contribution in [1.29, 1.82) is 0 Å². The predicted octanol–water partition coefficient (Wildman–Crippen LogP) is 4.53. The van der Waals surface area contributed by atoms with Gasteiger partial charge in [-0.15, -0.1) is 0 Å². The molecular weight excluding hydrogens is 378 g/mol. The van der Waals surface area contributed by atoms with Crippen LogP contribution in [0, 0.1) is 6.92 Å². The molecule has 0 aromatic carbocycles. The van der Waals surface area contributed by atoms with E-state index in [1.54, 1.807) is 6.20 Å². The van der Waals surface area contributed by atoms with E-state index in [1.807, 2.05) is 19.1 Å². The van der Waals surface area contributed by atoms with Gasteiger partial charge in [-0.1, -0.05) is 37.5 Å². The molecule has 8 nitrogen and oxygen atoms in total. The first kappa shape index (κ1) is 18.7. The molecule has 1 aliphatic heterocycles. The van der Waals surface area contributed by atoms with Crippen LogP contribution in [0.4, 0.5) is 17.6 Å². The van der Waals surface area contributed by atoms with E-state index in [0.29, 0.717) is 22.6 Å². The Bertz CT molecular complexity index is 975. The number of H-pyrrole nitrogens is 1. The van der Waals surface area contributed by atoms with Crippen LogP contribution in [0.1, 0.15) is 56.8 Å². The third-order valence-electron chi connectivity index (χ3n) is 4.85. The molecule has 3 aromatic rings. The monoisotopic (exact) mass is 401 g/mol. The zero-order chi connectivity index (χ0) is 19.9. The zero-order valence-corrected chi connectivity index (χ0v) is 17.2. The smallest absolute Gasteiger partial charge is 0.228 e. The van der Waals surface area contributed by atoms with Gasteiger partial charge in [-0.05, 0) is 19.8 Å². The Morgan fingerprint density at radius 1 is 1.32 bits per heavy atom. The second-order valence-electron chi connectivity index (χ2n) is 8.13. The highest BCUT2D eigenvalue weighted by atomic mass is 35.5. The fourth-order valence-corrected chi connectivity index (χ4v) is 3.46. The van der Waals surface area contributed by atoms with E-state index in [4.69, 9.17) is 16.1 Å². The van der Waals surface area contributed by atoms with Gasteiger partial charge >= 0.3 is 0 Å². The number of anilines is 3. The number of halogens is 1. The van der Waals surface area contributed by atoms with Gasteiger partial charge in [-0.2, -0.15) is 10.1 Å². The molecule has 1 unspecified atom stereocenters. The Balaban J connectivity index is 1.59. The standard InChI is InChI=1S/C19H24ClN7O/c1-11-8-14(28-26-11)13-6-5-7-27(13)18-21-10-12(20)17(23-18)22-16-9-15(24-25-16)19(2,3)4/h8-10,13H,5-7H2,1-4H3,(H2,21,22,23,24,25). The number of aromatic amines is 1. The summed E-state index contributed by atoms with van der Waals surface area (Å²) in [5.41, 5.74) is 1.88. The van der Waals surface area contributed by atoms with Crippen molar-refractivity contribution in [2.75, 3.05) is 16.8 Å². The summed E-state index contributed by atoms with van der Waals surface area (Å²) in [7, 11) is 0. The molecule has 1 atom stereocenters. The molecule has 1 aliphatic rings. The highest BCUT2D eigenvalue weighted by Crippen LogP contribution is 2.36. The van der Waals surface area contributed by atoms with Gasteiger partial charge in [-0.25, -0.2) is 4.98 Å². The molecule has 2 N–H and O–H groups in total. The van der Waals surface area contributed by atoms with Crippen LogP contribution >= 0.6 is 11.6 Å². The van der Waals surface area contributed by atoms with Gasteiger partial charge in [0.15, 0.2) is 17.4 Å². The van der Waals surface area contributed by atoms with Crippen LogP contribution in [0.5, 0.6) is 0 Å². The quantitative estimate of drug-likeness (QED) is 0.662. The minimum atomic E-state index is -0.0223. The number of rotatable bonds is 4. The predicted molar refractivity (Wildman–Crippen MR) is 108 cm³/mol. The van der Waals surface area contributed by atoms with Crippen molar-refractivity contribution in [3.63, 3.8) is 0 Å². The number of hydrogen-bond acceptors (Lipinski definition) is 7. The largest absolute Gasteiger partial charge is 0.359 e. The van der Waals surface area contributed by atoms with Gasteiger partial charge in [0.1, 0.15) is 5.02 Å². The van der Waals surface area contributed by atoms with Crippen LogP contribution in [-0.2, 0) is 5.41 Å². The van der Waals surface area contributed by atoms with Crippen molar-refractivity contribution in [3.8, 4) is 0 Å². The van der Waals surface area contributed by atoms with Crippen LogP contribution in [0.15, 0.2) is 22.9 Å². The summed E-state index contributed by atoms with van der Waals surface area (Å²) in [6.07, 6.45) is 3.62. The molecule has 0 saturated carbocycles. The molecule has 0 amide bonds. The Hall–Kier alpha value is -2.61. The Kier molecular flexibility index (Phi) is 4.74. The summed E-state index contributed by atoms with van der Waals surface area (Å²) in [5, 5.41) is 15.0. The van der Waals surface area contributed by atoms with Crippen molar-refractivity contribution in [2.45, 2.75) is 52.0 Å². The molecule has 9 heteroatoms. The summed E-state index contributed by atoms with van der Waals surface area (Å²) in [6, 6.07) is 4.01. The molecule has 4 rings (SSSR count). The van der Waals surface area contributed by atoms with Gasteiger partial charge in [-0.3, -0.25) is 5.10 Å². The molecule has 0 bridgehead atoms. The first-order valence-corrected chi connectivity index (χ1v) is 9.74. The normalized spacial score (nSPS) is 17.3. The number of nitrogens with zero attached hydrogens (tertiary/aromatic N) is 5. The maximum absolute atomic E-state index is 6.33. The third kappa shape index (κ3) is 3.69. The van der Waals surface area contributed by atoms with E-state index in [0.717, 1.165) is 36.5 Å². The summed E-state index contributed by atoms with van der Waals surface area (Å²) in [4.78, 5) is 11.2. The van der Waals surface area contributed by atoms with Gasteiger partial charge < -0.3 is 14.7 Å². The fraction of sp³-hybridized carbons (Fsp3) is 0.474. The molecule has 0 radical (unpaired) electrons. The number of hydrogen-bond donors (Lipinski definition) is 2. The lowest BCUT2D eigenvalue weighted by Gasteiger charge is -2.23. The number of aryl methyl sites for hydroxylation is 1. The van der Waals surface area contributed by atoms with E-state index in [9.17, 15) is 0 Å². The average Bonchev–Trinajstić information content (AvgIpc) is 3.36. The first-order chi connectivity index (χ1) is 13.3. The van der Waals surface area contributed by atoms with E-state index < -0.39 is 0 Å². The van der Waals surface area contributed by atoms with E-state index in [2.05, 4.69) is 56.3 Å². The Labute approximate surface area is 168 Å². The van der Waals surface area contributed by atoms with Crippen LogP contribution in [0.3, 0.4) is 0 Å². The van der Waals surface area contributed by atoms with Crippen molar-refractivity contribution >= 4 is 29.2 Å². The fourth-order valence-electron chi connectivity index (χ4n) is 3.32. The molecule has 0 aliphatic carbocycles. The molecule has 1 fully saturated rings. The summed E-state index contributed by atoms with van der Waals surface area (Å²) < 4.78 is 5.48. The lowest BCUT2D eigenvalue weighted by Crippen LogP contribution is -2.24. The van der Waals surface area contributed by atoms with Crippen molar-refractivity contribution in [2.24, 2.45) is 0 Å². The highest BCUT2D eigenvalue weighted by Gasteiger charge is 2.31. The maximum atomic E-state index is 6.33. The number of aromatic nitrogens is 5. The van der Waals surface area contributed by atoms with Crippen LogP contribution in [0.25, 0.3) is 0 Å². The maximum Gasteiger partial charge on any atom is 0.228 e. The minimum absolute atomic E-state index is 0.0223. The Morgan fingerprint density at radius 3 is 2.82 bits per heavy atom. The topological polar surface area (TPSA) is 95.8 Å². The molecule has 148 valence electrons. The minimum Gasteiger partial charge on any atom is -0.359 e. The van der Waals surface area contributed by atoms with Crippen molar-refractivity contribution in [1.82, 2.24) is 25.3 Å².